The van der Waals surface area contributed by atoms with E-state index in [2.05, 4.69) is 17.4 Å². The van der Waals surface area contributed by atoms with E-state index in [0.717, 1.165) is 44.6 Å². The molecular formula is C20H28N2O3. The maximum atomic E-state index is 12.8. The molecule has 5 heteroatoms. The average Bonchev–Trinajstić information content (AvgIpc) is 3.23. The van der Waals surface area contributed by atoms with Crippen LogP contribution in [0.4, 0.5) is 0 Å². The molecule has 1 aromatic carbocycles. The van der Waals surface area contributed by atoms with Gasteiger partial charge in [0.2, 0.25) is 0 Å². The lowest BCUT2D eigenvalue weighted by molar-refractivity contribution is -0.0956. The van der Waals surface area contributed by atoms with Crippen molar-refractivity contribution < 1.29 is 14.3 Å². The Morgan fingerprint density at radius 1 is 0.960 bits per heavy atom. The van der Waals surface area contributed by atoms with Crippen LogP contribution < -0.4 is 5.32 Å². The summed E-state index contributed by atoms with van der Waals surface area (Å²) >= 11 is 0. The Hall–Kier alpha value is -1.43. The average molecular weight is 344 g/mol. The molecular weight excluding hydrogens is 316 g/mol. The Labute approximate surface area is 149 Å². The fourth-order valence-electron chi connectivity index (χ4n) is 4.26. The van der Waals surface area contributed by atoms with Crippen LogP contribution in [0.3, 0.4) is 0 Å². The van der Waals surface area contributed by atoms with Crippen molar-refractivity contribution in [3.05, 3.63) is 35.4 Å². The lowest BCUT2D eigenvalue weighted by Crippen LogP contribution is -2.41. The number of nitrogens with zero attached hydrogens (tertiary/aromatic N) is 1. The highest BCUT2D eigenvalue weighted by atomic mass is 16.7. The highest BCUT2D eigenvalue weighted by Gasteiger charge is 2.32. The summed E-state index contributed by atoms with van der Waals surface area (Å²) in [6, 6.07) is 8.32. The minimum absolute atomic E-state index is 0.0541. The number of hydrogen-bond donors (Lipinski definition) is 1. The molecule has 0 unspecified atom stereocenters. The van der Waals surface area contributed by atoms with Gasteiger partial charge in [0.25, 0.3) is 5.91 Å². The first-order valence-corrected chi connectivity index (χ1v) is 9.64. The lowest BCUT2D eigenvalue weighted by Gasteiger charge is -2.34. The van der Waals surface area contributed by atoms with E-state index in [4.69, 9.17) is 9.47 Å². The van der Waals surface area contributed by atoms with Crippen molar-refractivity contribution in [1.29, 1.82) is 0 Å². The molecule has 4 rings (SSSR count). The van der Waals surface area contributed by atoms with E-state index in [0.29, 0.717) is 25.0 Å². The highest BCUT2D eigenvalue weighted by molar-refractivity contribution is 5.94. The first-order chi connectivity index (χ1) is 12.3. The van der Waals surface area contributed by atoms with Gasteiger partial charge in [0.15, 0.2) is 6.29 Å². The maximum absolute atomic E-state index is 12.8. The summed E-state index contributed by atoms with van der Waals surface area (Å²) in [7, 11) is 0. The van der Waals surface area contributed by atoms with Crippen LogP contribution in [0.5, 0.6) is 0 Å². The number of nitrogens with one attached hydrogen (secondary N) is 1. The van der Waals surface area contributed by atoms with Gasteiger partial charge < -0.3 is 19.7 Å². The van der Waals surface area contributed by atoms with E-state index in [9.17, 15) is 4.79 Å². The molecule has 0 bridgehead atoms. The van der Waals surface area contributed by atoms with Crippen LogP contribution in [-0.4, -0.2) is 56.5 Å². The van der Waals surface area contributed by atoms with Gasteiger partial charge in [0, 0.05) is 24.6 Å². The van der Waals surface area contributed by atoms with Crippen molar-refractivity contribution in [2.45, 2.75) is 37.9 Å². The molecule has 3 aliphatic rings. The van der Waals surface area contributed by atoms with Crippen molar-refractivity contribution >= 4 is 5.91 Å². The van der Waals surface area contributed by atoms with Gasteiger partial charge in [-0.15, -0.1) is 0 Å². The van der Waals surface area contributed by atoms with Gasteiger partial charge in [-0.2, -0.15) is 0 Å². The molecule has 0 atom stereocenters. The van der Waals surface area contributed by atoms with Crippen LogP contribution >= 0.6 is 0 Å². The van der Waals surface area contributed by atoms with Gasteiger partial charge >= 0.3 is 0 Å². The van der Waals surface area contributed by atoms with E-state index in [-0.39, 0.29) is 12.2 Å². The van der Waals surface area contributed by atoms with Crippen LogP contribution in [-0.2, 0) is 9.47 Å². The number of likely N-dealkylation sites (tertiary alicyclic amines) is 1. The molecule has 0 aliphatic carbocycles. The van der Waals surface area contributed by atoms with Crippen molar-refractivity contribution in [2.75, 3.05) is 39.4 Å². The largest absolute Gasteiger partial charge is 0.350 e. The van der Waals surface area contributed by atoms with Crippen molar-refractivity contribution in [3.63, 3.8) is 0 Å². The van der Waals surface area contributed by atoms with Gasteiger partial charge in [0.1, 0.15) is 0 Å². The number of hydrogen-bond acceptors (Lipinski definition) is 4. The summed E-state index contributed by atoms with van der Waals surface area (Å²) in [5.74, 6) is 1.21. The van der Waals surface area contributed by atoms with Gasteiger partial charge in [-0.3, -0.25) is 4.79 Å². The van der Waals surface area contributed by atoms with E-state index in [1.165, 1.54) is 18.4 Å². The van der Waals surface area contributed by atoms with Gasteiger partial charge in [-0.05, 0) is 62.4 Å². The molecule has 3 saturated heterocycles. The number of ether oxygens (including phenoxy) is 2. The predicted octanol–water partition coefficient (Wildman–Crippen LogP) is 2.38. The van der Waals surface area contributed by atoms with E-state index < -0.39 is 0 Å². The second-order valence-corrected chi connectivity index (χ2v) is 7.39. The molecule has 1 N–H and O–H groups in total. The second kappa shape index (κ2) is 7.85. The molecule has 5 nitrogen and oxygen atoms in total. The van der Waals surface area contributed by atoms with E-state index in [1.807, 2.05) is 17.0 Å². The van der Waals surface area contributed by atoms with Gasteiger partial charge in [0.05, 0.1) is 13.2 Å². The Bertz CT molecular complexity index is 569. The summed E-state index contributed by atoms with van der Waals surface area (Å²) in [5.41, 5.74) is 2.18. The number of carbonyl (C=O) groups excluding carboxylic acids is 1. The third kappa shape index (κ3) is 3.89. The second-order valence-electron chi connectivity index (χ2n) is 7.39. The lowest BCUT2D eigenvalue weighted by atomic mass is 9.89. The molecule has 1 amide bonds. The molecule has 3 fully saturated rings. The molecule has 3 aliphatic heterocycles. The summed E-state index contributed by atoms with van der Waals surface area (Å²) in [5, 5.41) is 3.40. The zero-order valence-electron chi connectivity index (χ0n) is 14.8. The molecule has 136 valence electrons. The summed E-state index contributed by atoms with van der Waals surface area (Å²) in [6.45, 7) is 5.18. The topological polar surface area (TPSA) is 50.8 Å². The quantitative estimate of drug-likeness (QED) is 0.915. The van der Waals surface area contributed by atoms with E-state index in [1.54, 1.807) is 0 Å². The number of carbonyl (C=O) groups is 1. The van der Waals surface area contributed by atoms with Crippen molar-refractivity contribution in [3.8, 4) is 0 Å². The summed E-state index contributed by atoms with van der Waals surface area (Å²) < 4.78 is 11.2. The fraction of sp³-hybridized carbons (Fsp3) is 0.650. The molecule has 1 aromatic rings. The first-order valence-electron chi connectivity index (χ1n) is 9.64. The SMILES string of the molecule is O=C(c1ccc(C2CCNCC2)cc1)N1CCC(C2OCCO2)CC1. The third-order valence-corrected chi connectivity index (χ3v) is 5.83. The molecule has 0 saturated carbocycles. The van der Waals surface area contributed by atoms with E-state index >= 15 is 0 Å². The normalized spacial score (nSPS) is 23.9. The highest BCUT2D eigenvalue weighted by Crippen LogP contribution is 2.28. The zero-order valence-corrected chi connectivity index (χ0v) is 14.8. The molecule has 25 heavy (non-hydrogen) atoms. The molecule has 0 radical (unpaired) electrons. The standard InChI is InChI=1S/C20H28N2O3/c23-19(22-11-7-18(8-12-22)20-24-13-14-25-20)17-3-1-15(2-4-17)16-5-9-21-10-6-16/h1-4,16,18,20-21H,5-14H2. The Kier molecular flexibility index (Phi) is 5.34. The first kappa shape index (κ1) is 17.0. The Balaban J connectivity index is 1.33. The summed E-state index contributed by atoms with van der Waals surface area (Å²) in [4.78, 5) is 14.7. The van der Waals surface area contributed by atoms with Crippen molar-refractivity contribution in [2.24, 2.45) is 5.92 Å². The van der Waals surface area contributed by atoms with Crippen LogP contribution in [0, 0.1) is 5.92 Å². The van der Waals surface area contributed by atoms with Crippen LogP contribution in [0.25, 0.3) is 0 Å². The minimum atomic E-state index is -0.0541. The Morgan fingerprint density at radius 2 is 1.60 bits per heavy atom. The number of benzene rings is 1. The minimum Gasteiger partial charge on any atom is -0.350 e. The van der Waals surface area contributed by atoms with Gasteiger partial charge in [-0.25, -0.2) is 0 Å². The molecule has 3 heterocycles. The maximum Gasteiger partial charge on any atom is 0.253 e. The fourth-order valence-corrected chi connectivity index (χ4v) is 4.26. The smallest absolute Gasteiger partial charge is 0.253 e. The molecule has 0 aromatic heterocycles. The van der Waals surface area contributed by atoms with Crippen LogP contribution in [0.1, 0.15) is 47.5 Å². The van der Waals surface area contributed by atoms with Crippen LogP contribution in [0.2, 0.25) is 0 Å². The predicted molar refractivity (Wildman–Crippen MR) is 95.6 cm³/mol. The molecule has 0 spiro atoms. The van der Waals surface area contributed by atoms with Crippen LogP contribution in [0.15, 0.2) is 24.3 Å². The number of rotatable bonds is 3. The monoisotopic (exact) mass is 344 g/mol. The Morgan fingerprint density at radius 3 is 2.24 bits per heavy atom. The number of piperidine rings is 2. The van der Waals surface area contributed by atoms with Gasteiger partial charge in [-0.1, -0.05) is 12.1 Å². The summed E-state index contributed by atoms with van der Waals surface area (Å²) in [6.07, 6.45) is 4.24. The number of amides is 1. The zero-order chi connectivity index (χ0) is 17.1. The van der Waals surface area contributed by atoms with Crippen molar-refractivity contribution in [1.82, 2.24) is 10.2 Å². The third-order valence-electron chi connectivity index (χ3n) is 5.83.